The Kier molecular flexibility index (Phi) is 9.15. The number of nitrogens with zero attached hydrogens (tertiary/aromatic N) is 2. The molecule has 3 rings (SSSR count). The highest BCUT2D eigenvalue weighted by Gasteiger charge is 2.17. The van der Waals surface area contributed by atoms with Crippen molar-refractivity contribution in [3.8, 4) is 17.2 Å². The van der Waals surface area contributed by atoms with Crippen molar-refractivity contribution >= 4 is 5.91 Å². The Labute approximate surface area is 189 Å². The maximum Gasteiger partial charge on any atom is 0.260 e. The lowest BCUT2D eigenvalue weighted by molar-refractivity contribution is -0.137. The molecule has 1 aliphatic rings. The van der Waals surface area contributed by atoms with Crippen LogP contribution >= 0.6 is 0 Å². The van der Waals surface area contributed by atoms with E-state index >= 15 is 0 Å². The summed E-state index contributed by atoms with van der Waals surface area (Å²) < 4.78 is 21.7. The number of ether oxygens (including phenoxy) is 4. The summed E-state index contributed by atoms with van der Waals surface area (Å²) >= 11 is 0. The van der Waals surface area contributed by atoms with Crippen LogP contribution in [-0.4, -0.2) is 87.1 Å². The van der Waals surface area contributed by atoms with Crippen LogP contribution in [0.15, 0.2) is 48.5 Å². The van der Waals surface area contributed by atoms with E-state index in [0.717, 1.165) is 5.56 Å². The fourth-order valence-corrected chi connectivity index (χ4v) is 3.41. The van der Waals surface area contributed by atoms with E-state index < -0.39 is 6.10 Å². The number of benzene rings is 2. The summed E-state index contributed by atoms with van der Waals surface area (Å²) in [4.78, 5) is 15.9. The molecule has 1 unspecified atom stereocenters. The third-order valence-electron chi connectivity index (χ3n) is 5.11. The molecule has 0 radical (unpaired) electrons. The highest BCUT2D eigenvalue weighted by atomic mass is 16.5. The SMILES string of the molecule is COc1cccc(OCC(O)CN(C)Cc2ccc(OCC(=O)N3CCOCC3)cc2)c1. The highest BCUT2D eigenvalue weighted by Crippen LogP contribution is 2.19. The first kappa shape index (κ1) is 23.8. The molecule has 0 saturated carbocycles. The second-order valence-corrected chi connectivity index (χ2v) is 7.77. The molecule has 1 saturated heterocycles. The smallest absolute Gasteiger partial charge is 0.260 e. The molecule has 8 heteroatoms. The fourth-order valence-electron chi connectivity index (χ4n) is 3.41. The van der Waals surface area contributed by atoms with Crippen LogP contribution in [0.2, 0.25) is 0 Å². The van der Waals surface area contributed by atoms with Gasteiger partial charge in [-0.25, -0.2) is 0 Å². The quantitative estimate of drug-likeness (QED) is 0.566. The van der Waals surface area contributed by atoms with Crippen molar-refractivity contribution in [1.29, 1.82) is 0 Å². The summed E-state index contributed by atoms with van der Waals surface area (Å²) in [5, 5.41) is 10.3. The van der Waals surface area contributed by atoms with Gasteiger partial charge in [0.2, 0.25) is 0 Å². The Balaban J connectivity index is 1.37. The van der Waals surface area contributed by atoms with Crippen LogP contribution in [0.4, 0.5) is 0 Å². The fraction of sp³-hybridized carbons (Fsp3) is 0.458. The number of hydrogen-bond acceptors (Lipinski definition) is 7. The van der Waals surface area contributed by atoms with Gasteiger partial charge in [-0.15, -0.1) is 0 Å². The number of rotatable bonds is 11. The van der Waals surface area contributed by atoms with E-state index in [1.54, 1.807) is 18.1 Å². The lowest BCUT2D eigenvalue weighted by atomic mass is 10.2. The summed E-state index contributed by atoms with van der Waals surface area (Å²) in [6.07, 6.45) is -0.625. The molecule has 1 N–H and O–H groups in total. The van der Waals surface area contributed by atoms with Crippen LogP contribution in [-0.2, 0) is 16.1 Å². The largest absolute Gasteiger partial charge is 0.497 e. The molecule has 0 aliphatic carbocycles. The molecule has 0 spiro atoms. The number of methoxy groups -OCH3 is 1. The minimum absolute atomic E-state index is 0.0257. The molecule has 2 aromatic carbocycles. The lowest BCUT2D eigenvalue weighted by Gasteiger charge is -2.26. The van der Waals surface area contributed by atoms with Crippen LogP contribution < -0.4 is 14.2 Å². The Hall–Kier alpha value is -2.81. The topological polar surface area (TPSA) is 80.7 Å². The zero-order valence-corrected chi connectivity index (χ0v) is 18.7. The van der Waals surface area contributed by atoms with Crippen LogP contribution in [0.3, 0.4) is 0 Å². The molecule has 1 fully saturated rings. The predicted octanol–water partition coefficient (Wildman–Crippen LogP) is 1.80. The lowest BCUT2D eigenvalue weighted by Crippen LogP contribution is -2.42. The molecule has 32 heavy (non-hydrogen) atoms. The van der Waals surface area contributed by atoms with E-state index in [2.05, 4.69) is 0 Å². The van der Waals surface area contributed by atoms with E-state index in [0.29, 0.717) is 56.6 Å². The minimum Gasteiger partial charge on any atom is -0.497 e. The first-order valence-electron chi connectivity index (χ1n) is 10.7. The Morgan fingerprint density at radius 3 is 2.53 bits per heavy atom. The van der Waals surface area contributed by atoms with Gasteiger partial charge in [0.25, 0.3) is 5.91 Å². The van der Waals surface area contributed by atoms with Crippen LogP contribution in [0, 0.1) is 0 Å². The van der Waals surface area contributed by atoms with Crippen molar-refractivity contribution in [3.63, 3.8) is 0 Å². The molecule has 2 aromatic rings. The molecular formula is C24H32N2O6. The minimum atomic E-state index is -0.625. The summed E-state index contributed by atoms with van der Waals surface area (Å²) in [6.45, 7) is 3.75. The van der Waals surface area contributed by atoms with Gasteiger partial charge in [-0.1, -0.05) is 18.2 Å². The van der Waals surface area contributed by atoms with E-state index in [1.807, 2.05) is 54.4 Å². The van der Waals surface area contributed by atoms with Crippen molar-refractivity contribution in [2.24, 2.45) is 0 Å². The van der Waals surface area contributed by atoms with Gasteiger partial charge in [-0.3, -0.25) is 9.69 Å². The summed E-state index contributed by atoms with van der Waals surface area (Å²) in [7, 11) is 3.55. The number of morpholine rings is 1. The second-order valence-electron chi connectivity index (χ2n) is 7.77. The second kappa shape index (κ2) is 12.3. The molecule has 0 aromatic heterocycles. The monoisotopic (exact) mass is 444 g/mol. The van der Waals surface area contributed by atoms with Crippen molar-refractivity contribution in [1.82, 2.24) is 9.80 Å². The zero-order valence-electron chi connectivity index (χ0n) is 18.7. The Morgan fingerprint density at radius 1 is 1.09 bits per heavy atom. The number of carbonyl (C=O) groups excluding carboxylic acids is 1. The molecule has 0 bridgehead atoms. The van der Waals surface area contributed by atoms with Gasteiger partial charge in [-0.05, 0) is 36.9 Å². The van der Waals surface area contributed by atoms with E-state index in [-0.39, 0.29) is 19.1 Å². The summed E-state index contributed by atoms with van der Waals surface area (Å²) in [6, 6.07) is 14.9. The standard InChI is InChI=1S/C24H32N2O6/c1-25(16-20(27)17-31-23-5-3-4-22(14-23)29-2)15-19-6-8-21(9-7-19)32-18-24(28)26-10-12-30-13-11-26/h3-9,14,20,27H,10-13,15-18H2,1-2H3. The molecule has 1 heterocycles. The Bertz CT molecular complexity index is 839. The first-order valence-corrected chi connectivity index (χ1v) is 10.7. The first-order chi connectivity index (χ1) is 15.5. The maximum absolute atomic E-state index is 12.2. The third kappa shape index (κ3) is 7.71. The van der Waals surface area contributed by atoms with Crippen LogP contribution in [0.25, 0.3) is 0 Å². The van der Waals surface area contributed by atoms with Crippen LogP contribution in [0.1, 0.15) is 5.56 Å². The molecule has 8 nitrogen and oxygen atoms in total. The van der Waals surface area contributed by atoms with Gasteiger partial charge in [-0.2, -0.15) is 0 Å². The van der Waals surface area contributed by atoms with Crippen LogP contribution in [0.5, 0.6) is 17.2 Å². The molecule has 1 amide bonds. The number of amides is 1. The van der Waals surface area contributed by atoms with Gasteiger partial charge >= 0.3 is 0 Å². The summed E-state index contributed by atoms with van der Waals surface area (Å²) in [5.74, 6) is 2.01. The maximum atomic E-state index is 12.2. The van der Waals surface area contributed by atoms with Gasteiger partial charge < -0.3 is 29.0 Å². The summed E-state index contributed by atoms with van der Waals surface area (Å²) in [5.41, 5.74) is 1.08. The third-order valence-corrected chi connectivity index (χ3v) is 5.11. The zero-order chi connectivity index (χ0) is 22.8. The van der Waals surface area contributed by atoms with Gasteiger partial charge in [0, 0.05) is 32.2 Å². The highest BCUT2D eigenvalue weighted by molar-refractivity contribution is 5.77. The number of aliphatic hydroxyl groups excluding tert-OH is 1. The average molecular weight is 445 g/mol. The van der Waals surface area contributed by atoms with Gasteiger partial charge in [0.15, 0.2) is 6.61 Å². The van der Waals surface area contributed by atoms with E-state index in [1.165, 1.54) is 0 Å². The molecule has 174 valence electrons. The Morgan fingerprint density at radius 2 is 1.81 bits per heavy atom. The normalized spacial score (nSPS) is 14.8. The van der Waals surface area contributed by atoms with Crippen molar-refractivity contribution < 1.29 is 28.8 Å². The van der Waals surface area contributed by atoms with Crippen molar-refractivity contribution in [3.05, 3.63) is 54.1 Å². The van der Waals surface area contributed by atoms with E-state index in [4.69, 9.17) is 18.9 Å². The number of likely N-dealkylation sites (N-methyl/N-ethyl adjacent to an activating group) is 1. The van der Waals surface area contributed by atoms with Gasteiger partial charge in [0.05, 0.1) is 20.3 Å². The van der Waals surface area contributed by atoms with Gasteiger partial charge in [0.1, 0.15) is 30.0 Å². The molecule has 1 aliphatic heterocycles. The molecule has 1 atom stereocenters. The number of hydrogen-bond donors (Lipinski definition) is 1. The van der Waals surface area contributed by atoms with Crippen molar-refractivity contribution in [2.75, 3.05) is 60.2 Å². The predicted molar refractivity (Wildman–Crippen MR) is 120 cm³/mol. The van der Waals surface area contributed by atoms with Crippen molar-refractivity contribution in [2.45, 2.75) is 12.6 Å². The molecular weight excluding hydrogens is 412 g/mol. The number of aliphatic hydroxyl groups is 1. The number of carbonyl (C=O) groups is 1. The van der Waals surface area contributed by atoms with E-state index in [9.17, 15) is 9.90 Å². The average Bonchev–Trinajstić information content (AvgIpc) is 2.82.